The Kier molecular flexibility index (Phi) is 3.04. The second-order valence-corrected chi connectivity index (χ2v) is 8.31. The summed E-state index contributed by atoms with van der Waals surface area (Å²) in [5.74, 6) is 1.76. The number of fused-ring (bicyclic) bond motifs is 5. The van der Waals surface area contributed by atoms with Crippen molar-refractivity contribution in [3.8, 4) is 0 Å². The Morgan fingerprint density at radius 2 is 2.05 bits per heavy atom. The summed E-state index contributed by atoms with van der Waals surface area (Å²) in [7, 11) is 0. The first-order chi connectivity index (χ1) is 10.1. The van der Waals surface area contributed by atoms with Gasteiger partial charge in [0.2, 0.25) is 0 Å². The fourth-order valence-electron chi connectivity index (χ4n) is 6.26. The van der Waals surface area contributed by atoms with Gasteiger partial charge in [0.1, 0.15) is 0 Å². The molecule has 0 heterocycles. The van der Waals surface area contributed by atoms with E-state index in [0.717, 1.165) is 11.8 Å². The van der Waals surface area contributed by atoms with E-state index >= 15 is 0 Å². The molecule has 4 rings (SSSR count). The molecule has 21 heavy (non-hydrogen) atoms. The fourth-order valence-corrected chi connectivity index (χ4v) is 6.26. The second kappa shape index (κ2) is 4.61. The number of rotatable bonds is 1. The van der Waals surface area contributed by atoms with E-state index in [-0.39, 0.29) is 0 Å². The Morgan fingerprint density at radius 3 is 2.86 bits per heavy atom. The van der Waals surface area contributed by atoms with Crippen molar-refractivity contribution < 1.29 is 0 Å². The zero-order valence-electron chi connectivity index (χ0n) is 14.0. The molecule has 1 saturated carbocycles. The van der Waals surface area contributed by atoms with Gasteiger partial charge in [-0.15, -0.1) is 0 Å². The summed E-state index contributed by atoms with van der Waals surface area (Å²) in [6, 6.07) is 0. The average Bonchev–Trinajstić information content (AvgIpc) is 2.83. The molecule has 114 valence electrons. The highest BCUT2D eigenvalue weighted by Crippen LogP contribution is 2.63. The van der Waals surface area contributed by atoms with Gasteiger partial charge in [0.15, 0.2) is 0 Å². The number of hydrogen-bond donors (Lipinski definition) is 0. The Hall–Kier alpha value is -0.780. The van der Waals surface area contributed by atoms with Crippen LogP contribution in [0.4, 0.5) is 0 Å². The molecule has 0 aliphatic heterocycles. The van der Waals surface area contributed by atoms with E-state index in [1.807, 2.05) is 5.57 Å². The average molecular weight is 282 g/mol. The maximum absolute atomic E-state index is 2.69. The standard InChI is InChI=1S/C21H30/c1-4-15-9-11-18-17-10-8-16-7-5-6-13-20(16,2)19(17)12-14-21(15,18)3/h7,9,12,17-18H,4-6,8,10-11,13-14H2,1-3H3/t17-,18-,20-,21+/m0/s1. The van der Waals surface area contributed by atoms with E-state index in [2.05, 4.69) is 39.0 Å². The third-order valence-corrected chi connectivity index (χ3v) is 7.52. The maximum atomic E-state index is 2.69. The molecule has 1 fully saturated rings. The zero-order valence-corrected chi connectivity index (χ0v) is 14.0. The molecule has 0 amide bonds. The lowest BCUT2D eigenvalue weighted by Gasteiger charge is -2.53. The molecule has 0 N–H and O–H groups in total. The minimum atomic E-state index is 0.428. The summed E-state index contributed by atoms with van der Waals surface area (Å²) < 4.78 is 0. The van der Waals surface area contributed by atoms with Gasteiger partial charge < -0.3 is 0 Å². The SMILES string of the molecule is CCC1=CC[C@H]2[C@@H]3CCC4=CCCC[C@]4(C)C3=CC[C@]12C. The van der Waals surface area contributed by atoms with E-state index in [1.54, 1.807) is 11.1 Å². The zero-order chi connectivity index (χ0) is 14.7. The molecule has 0 nitrogen and oxygen atoms in total. The van der Waals surface area contributed by atoms with Crippen molar-refractivity contribution in [1.29, 1.82) is 0 Å². The third-order valence-electron chi connectivity index (χ3n) is 7.52. The van der Waals surface area contributed by atoms with E-state index in [0.29, 0.717) is 10.8 Å². The molecule has 0 unspecified atom stereocenters. The van der Waals surface area contributed by atoms with Crippen molar-refractivity contribution in [2.24, 2.45) is 22.7 Å². The van der Waals surface area contributed by atoms with E-state index in [4.69, 9.17) is 0 Å². The molecule has 4 atom stereocenters. The van der Waals surface area contributed by atoms with Gasteiger partial charge >= 0.3 is 0 Å². The van der Waals surface area contributed by atoms with Crippen LogP contribution in [0.2, 0.25) is 0 Å². The molecule has 0 aromatic rings. The highest BCUT2D eigenvalue weighted by molar-refractivity contribution is 5.40. The van der Waals surface area contributed by atoms with Gasteiger partial charge in [-0.25, -0.2) is 0 Å². The molecule has 0 bridgehead atoms. The fraction of sp³-hybridized carbons (Fsp3) is 0.714. The molecule has 0 aromatic heterocycles. The highest BCUT2D eigenvalue weighted by atomic mass is 14.6. The summed E-state index contributed by atoms with van der Waals surface area (Å²) in [5.41, 5.74) is 6.28. The van der Waals surface area contributed by atoms with Crippen molar-refractivity contribution >= 4 is 0 Å². The molecule has 0 aromatic carbocycles. The summed E-state index contributed by atoms with van der Waals surface area (Å²) in [5, 5.41) is 0. The van der Waals surface area contributed by atoms with Gasteiger partial charge in [0.05, 0.1) is 0 Å². The monoisotopic (exact) mass is 282 g/mol. The molecular formula is C21H30. The van der Waals surface area contributed by atoms with Crippen molar-refractivity contribution in [2.45, 2.75) is 72.1 Å². The quantitative estimate of drug-likeness (QED) is 0.502. The summed E-state index contributed by atoms with van der Waals surface area (Å²) >= 11 is 0. The van der Waals surface area contributed by atoms with E-state index < -0.39 is 0 Å². The first-order valence-electron chi connectivity index (χ1n) is 9.19. The Labute approximate surface area is 130 Å². The van der Waals surface area contributed by atoms with Crippen LogP contribution < -0.4 is 0 Å². The molecule has 4 aliphatic rings. The van der Waals surface area contributed by atoms with Crippen LogP contribution >= 0.6 is 0 Å². The minimum Gasteiger partial charge on any atom is -0.0845 e. The van der Waals surface area contributed by atoms with Crippen LogP contribution in [0.5, 0.6) is 0 Å². The van der Waals surface area contributed by atoms with Crippen LogP contribution in [0.3, 0.4) is 0 Å². The van der Waals surface area contributed by atoms with Gasteiger partial charge in [-0.1, -0.05) is 55.7 Å². The lowest BCUT2D eigenvalue weighted by molar-refractivity contribution is 0.134. The summed E-state index contributed by atoms with van der Waals surface area (Å²) in [6.07, 6.45) is 18.7. The molecule has 0 saturated heterocycles. The number of hydrogen-bond acceptors (Lipinski definition) is 0. The minimum absolute atomic E-state index is 0.428. The van der Waals surface area contributed by atoms with Crippen LogP contribution in [0, 0.1) is 22.7 Å². The molecule has 0 radical (unpaired) electrons. The molecule has 4 aliphatic carbocycles. The summed E-state index contributed by atoms with van der Waals surface area (Å²) in [6.45, 7) is 7.46. The molecule has 0 spiro atoms. The van der Waals surface area contributed by atoms with Crippen molar-refractivity contribution in [1.82, 2.24) is 0 Å². The Bertz CT molecular complexity index is 546. The van der Waals surface area contributed by atoms with Crippen molar-refractivity contribution in [3.05, 3.63) is 34.9 Å². The van der Waals surface area contributed by atoms with Gasteiger partial charge in [-0.2, -0.15) is 0 Å². The van der Waals surface area contributed by atoms with Gasteiger partial charge in [0.25, 0.3) is 0 Å². The Balaban J connectivity index is 1.75. The number of allylic oxidation sites excluding steroid dienone is 6. The van der Waals surface area contributed by atoms with Crippen LogP contribution in [-0.4, -0.2) is 0 Å². The third kappa shape index (κ3) is 1.74. The first-order valence-corrected chi connectivity index (χ1v) is 9.19. The lowest BCUT2D eigenvalue weighted by atomic mass is 9.51. The van der Waals surface area contributed by atoms with E-state index in [9.17, 15) is 0 Å². The first kappa shape index (κ1) is 13.9. The van der Waals surface area contributed by atoms with Crippen molar-refractivity contribution in [3.63, 3.8) is 0 Å². The van der Waals surface area contributed by atoms with Crippen LogP contribution in [0.1, 0.15) is 72.1 Å². The smallest absolute Gasteiger partial charge is 0.00952 e. The predicted molar refractivity (Wildman–Crippen MR) is 90.1 cm³/mol. The lowest BCUT2D eigenvalue weighted by Crippen LogP contribution is -2.43. The maximum Gasteiger partial charge on any atom is 0.00952 e. The topological polar surface area (TPSA) is 0 Å². The van der Waals surface area contributed by atoms with Gasteiger partial charge in [-0.05, 0) is 68.6 Å². The second-order valence-electron chi connectivity index (χ2n) is 8.31. The predicted octanol–water partition coefficient (Wildman–Crippen LogP) is 6.21. The summed E-state index contributed by atoms with van der Waals surface area (Å²) in [4.78, 5) is 0. The van der Waals surface area contributed by atoms with Crippen LogP contribution in [-0.2, 0) is 0 Å². The highest BCUT2D eigenvalue weighted by Gasteiger charge is 2.52. The van der Waals surface area contributed by atoms with Gasteiger partial charge in [0, 0.05) is 5.41 Å². The Morgan fingerprint density at radius 1 is 1.19 bits per heavy atom. The molecular weight excluding hydrogens is 252 g/mol. The largest absolute Gasteiger partial charge is 0.0845 e. The van der Waals surface area contributed by atoms with Gasteiger partial charge in [-0.3, -0.25) is 0 Å². The van der Waals surface area contributed by atoms with Crippen LogP contribution in [0.15, 0.2) is 34.9 Å². The van der Waals surface area contributed by atoms with Crippen LogP contribution in [0.25, 0.3) is 0 Å². The van der Waals surface area contributed by atoms with Crippen molar-refractivity contribution in [2.75, 3.05) is 0 Å². The normalized spacial score (nSPS) is 45.0. The molecule has 0 heteroatoms. The van der Waals surface area contributed by atoms with E-state index in [1.165, 1.54) is 51.4 Å².